The number of hydrogen-bond acceptors (Lipinski definition) is 4. The molecular weight excluding hydrogens is 459 g/mol. The maximum atomic E-state index is 13.4. The zero-order chi connectivity index (χ0) is 18.1. The van der Waals surface area contributed by atoms with Gasteiger partial charge in [-0.1, -0.05) is 35.6 Å². The summed E-state index contributed by atoms with van der Waals surface area (Å²) in [5.41, 5.74) is 2.76. The van der Waals surface area contributed by atoms with Crippen molar-refractivity contribution in [3.05, 3.63) is 57.2 Å². The lowest BCUT2D eigenvalue weighted by Crippen LogP contribution is -2.38. The van der Waals surface area contributed by atoms with Crippen LogP contribution in [0.5, 0.6) is 0 Å². The fourth-order valence-electron chi connectivity index (χ4n) is 3.17. The lowest BCUT2D eigenvalue weighted by Gasteiger charge is -2.23. The van der Waals surface area contributed by atoms with E-state index in [4.69, 9.17) is 9.72 Å². The molecule has 1 aromatic heterocycles. The number of nitrogens with zero attached hydrogens (tertiary/aromatic N) is 2. The van der Waals surface area contributed by atoms with Crippen LogP contribution in [0.1, 0.15) is 28.8 Å². The molecule has 134 valence electrons. The standard InChI is InChI=1S/C20H19IN2O2S/c1-13-6-4-8-15(18(13)21)19(24)23(12-14-7-5-11-25-14)20-22-16-9-2-3-10-17(16)26-20/h2-4,6,8-10,14H,5,7,11-12H2,1H3/t14-/m1/s1. The Labute approximate surface area is 170 Å². The zero-order valence-electron chi connectivity index (χ0n) is 14.4. The molecule has 1 aliphatic heterocycles. The molecule has 1 aliphatic rings. The van der Waals surface area contributed by atoms with E-state index >= 15 is 0 Å². The summed E-state index contributed by atoms with van der Waals surface area (Å²) in [5, 5.41) is 0.740. The topological polar surface area (TPSA) is 42.4 Å². The molecule has 2 heterocycles. The molecule has 0 spiro atoms. The molecular formula is C20H19IN2O2S. The fourth-order valence-corrected chi connectivity index (χ4v) is 4.74. The monoisotopic (exact) mass is 478 g/mol. The van der Waals surface area contributed by atoms with E-state index in [1.54, 1.807) is 16.2 Å². The predicted octanol–water partition coefficient (Wildman–Crippen LogP) is 5.04. The normalized spacial score (nSPS) is 16.9. The third-order valence-corrected chi connectivity index (χ3v) is 7.08. The second kappa shape index (κ2) is 7.62. The van der Waals surface area contributed by atoms with Crippen molar-refractivity contribution in [3.8, 4) is 0 Å². The van der Waals surface area contributed by atoms with E-state index in [1.807, 2.05) is 49.4 Å². The van der Waals surface area contributed by atoms with Crippen molar-refractivity contribution in [2.45, 2.75) is 25.9 Å². The summed E-state index contributed by atoms with van der Waals surface area (Å²) >= 11 is 3.81. The summed E-state index contributed by atoms with van der Waals surface area (Å²) in [6, 6.07) is 13.9. The second-order valence-electron chi connectivity index (χ2n) is 6.45. The Balaban J connectivity index is 1.74. The number of aromatic nitrogens is 1. The highest BCUT2D eigenvalue weighted by Gasteiger charge is 2.28. The number of halogens is 1. The van der Waals surface area contributed by atoms with Gasteiger partial charge in [0.05, 0.1) is 28.4 Å². The van der Waals surface area contributed by atoms with Crippen LogP contribution < -0.4 is 4.90 Å². The van der Waals surface area contributed by atoms with Gasteiger partial charge in [0, 0.05) is 10.2 Å². The zero-order valence-corrected chi connectivity index (χ0v) is 17.4. The van der Waals surface area contributed by atoms with Gasteiger partial charge in [-0.15, -0.1) is 0 Å². The van der Waals surface area contributed by atoms with Gasteiger partial charge < -0.3 is 4.74 Å². The Hall–Kier alpha value is -1.51. The number of ether oxygens (including phenoxy) is 1. The van der Waals surface area contributed by atoms with Gasteiger partial charge in [0.1, 0.15) is 0 Å². The highest BCUT2D eigenvalue weighted by Crippen LogP contribution is 2.31. The third-order valence-electron chi connectivity index (χ3n) is 4.59. The number of carbonyl (C=O) groups is 1. The predicted molar refractivity (Wildman–Crippen MR) is 114 cm³/mol. The minimum absolute atomic E-state index is 0.00680. The molecule has 1 amide bonds. The number of thiazole rings is 1. The van der Waals surface area contributed by atoms with Crippen LogP contribution in [0.2, 0.25) is 0 Å². The van der Waals surface area contributed by atoms with Crippen LogP contribution in [0.25, 0.3) is 10.2 Å². The molecule has 1 fully saturated rings. The van der Waals surface area contributed by atoms with Gasteiger partial charge in [0.25, 0.3) is 5.91 Å². The molecule has 0 radical (unpaired) electrons. The molecule has 1 saturated heterocycles. The first kappa shape index (κ1) is 17.9. The van der Waals surface area contributed by atoms with Crippen LogP contribution >= 0.6 is 33.9 Å². The van der Waals surface area contributed by atoms with Crippen LogP contribution in [-0.4, -0.2) is 30.1 Å². The Morgan fingerprint density at radius 3 is 2.92 bits per heavy atom. The first-order chi connectivity index (χ1) is 12.6. The maximum Gasteiger partial charge on any atom is 0.261 e. The summed E-state index contributed by atoms with van der Waals surface area (Å²) in [5.74, 6) is -0.00680. The fraction of sp³-hybridized carbons (Fsp3) is 0.300. The molecule has 26 heavy (non-hydrogen) atoms. The molecule has 0 unspecified atom stereocenters. The van der Waals surface area contributed by atoms with Crippen LogP contribution in [0.4, 0.5) is 5.13 Å². The molecule has 0 saturated carbocycles. The van der Waals surface area contributed by atoms with Gasteiger partial charge in [-0.2, -0.15) is 0 Å². The molecule has 0 bridgehead atoms. The lowest BCUT2D eigenvalue weighted by molar-refractivity contribution is 0.0916. The summed E-state index contributed by atoms with van der Waals surface area (Å²) < 4.78 is 7.88. The lowest BCUT2D eigenvalue weighted by atomic mass is 10.1. The quantitative estimate of drug-likeness (QED) is 0.494. The average Bonchev–Trinajstić information content (AvgIpc) is 3.30. The highest BCUT2D eigenvalue weighted by atomic mass is 127. The van der Waals surface area contributed by atoms with Crippen LogP contribution in [-0.2, 0) is 4.74 Å². The highest BCUT2D eigenvalue weighted by molar-refractivity contribution is 14.1. The summed E-state index contributed by atoms with van der Waals surface area (Å²) in [7, 11) is 0. The Bertz CT molecular complexity index is 917. The Kier molecular flexibility index (Phi) is 5.24. The minimum Gasteiger partial charge on any atom is -0.376 e. The summed E-state index contributed by atoms with van der Waals surface area (Å²) in [6.45, 7) is 3.35. The van der Waals surface area contributed by atoms with Crippen molar-refractivity contribution in [3.63, 3.8) is 0 Å². The van der Waals surface area contributed by atoms with Crippen LogP contribution in [0.15, 0.2) is 42.5 Å². The molecule has 3 aromatic rings. The Morgan fingerprint density at radius 2 is 2.15 bits per heavy atom. The van der Waals surface area contributed by atoms with Crippen molar-refractivity contribution in [2.75, 3.05) is 18.1 Å². The Morgan fingerprint density at radius 1 is 1.31 bits per heavy atom. The average molecular weight is 478 g/mol. The van der Waals surface area contributed by atoms with E-state index in [9.17, 15) is 4.79 Å². The van der Waals surface area contributed by atoms with Gasteiger partial charge in [-0.05, 0) is 66.1 Å². The van der Waals surface area contributed by atoms with Crippen molar-refractivity contribution in [2.24, 2.45) is 0 Å². The number of anilines is 1. The van der Waals surface area contributed by atoms with Crippen molar-refractivity contribution >= 4 is 55.2 Å². The van der Waals surface area contributed by atoms with Crippen LogP contribution in [0.3, 0.4) is 0 Å². The second-order valence-corrected chi connectivity index (χ2v) is 8.54. The van der Waals surface area contributed by atoms with Crippen molar-refractivity contribution in [1.29, 1.82) is 0 Å². The number of aryl methyl sites for hydroxylation is 1. The van der Waals surface area contributed by atoms with Gasteiger partial charge in [-0.3, -0.25) is 9.69 Å². The first-order valence-electron chi connectivity index (χ1n) is 8.67. The summed E-state index contributed by atoms with van der Waals surface area (Å²) in [4.78, 5) is 19.9. The number of para-hydroxylation sites is 1. The smallest absolute Gasteiger partial charge is 0.261 e. The molecule has 0 aliphatic carbocycles. The van der Waals surface area contributed by atoms with E-state index < -0.39 is 0 Å². The number of amides is 1. The van der Waals surface area contributed by atoms with Crippen molar-refractivity contribution < 1.29 is 9.53 Å². The van der Waals surface area contributed by atoms with E-state index in [0.29, 0.717) is 6.54 Å². The third kappa shape index (κ3) is 3.50. The number of fused-ring (bicyclic) bond motifs is 1. The minimum atomic E-state index is -0.00680. The van der Waals surface area contributed by atoms with Crippen LogP contribution in [0, 0.1) is 10.5 Å². The van der Waals surface area contributed by atoms with E-state index in [1.165, 1.54) is 0 Å². The number of carbonyl (C=O) groups excluding carboxylic acids is 1. The van der Waals surface area contributed by atoms with Gasteiger partial charge in [0.2, 0.25) is 0 Å². The van der Waals surface area contributed by atoms with E-state index in [0.717, 1.165) is 49.5 Å². The maximum absolute atomic E-state index is 13.4. The van der Waals surface area contributed by atoms with E-state index in [2.05, 4.69) is 22.6 Å². The van der Waals surface area contributed by atoms with Crippen molar-refractivity contribution in [1.82, 2.24) is 4.98 Å². The SMILES string of the molecule is Cc1cccc(C(=O)N(C[C@H]2CCCO2)c2nc3ccccc3s2)c1I. The molecule has 2 aromatic carbocycles. The molecule has 0 N–H and O–H groups in total. The van der Waals surface area contributed by atoms with Gasteiger partial charge >= 0.3 is 0 Å². The largest absolute Gasteiger partial charge is 0.376 e. The first-order valence-corrected chi connectivity index (χ1v) is 10.6. The molecule has 1 atom stereocenters. The number of rotatable bonds is 4. The van der Waals surface area contributed by atoms with Gasteiger partial charge in [0.15, 0.2) is 5.13 Å². The van der Waals surface area contributed by atoms with Gasteiger partial charge in [-0.25, -0.2) is 4.98 Å². The molecule has 6 heteroatoms. The summed E-state index contributed by atoms with van der Waals surface area (Å²) in [6.07, 6.45) is 2.11. The molecule has 4 nitrogen and oxygen atoms in total. The number of hydrogen-bond donors (Lipinski definition) is 0. The molecule has 4 rings (SSSR count). The van der Waals surface area contributed by atoms with E-state index in [-0.39, 0.29) is 12.0 Å². The number of benzene rings is 2.